The molecule has 2 heterocycles. The summed E-state index contributed by atoms with van der Waals surface area (Å²) in [5.41, 5.74) is 3.31. The molecule has 1 aliphatic heterocycles. The van der Waals surface area contributed by atoms with E-state index in [1.807, 2.05) is 5.38 Å². The molecular weight excluding hydrogens is 443 g/mol. The Bertz CT molecular complexity index is 1140. The van der Waals surface area contributed by atoms with Gasteiger partial charge in [0.1, 0.15) is 5.82 Å². The van der Waals surface area contributed by atoms with Crippen molar-refractivity contribution >= 4 is 37.9 Å². The van der Waals surface area contributed by atoms with Gasteiger partial charge in [-0.25, -0.2) is 17.8 Å². The highest BCUT2D eigenvalue weighted by molar-refractivity contribution is 7.92. The third-order valence-corrected chi connectivity index (χ3v) is 8.97. The summed E-state index contributed by atoms with van der Waals surface area (Å²) in [7, 11) is -3.55. The third kappa shape index (κ3) is 4.24. The second-order valence-corrected chi connectivity index (χ2v) is 10.8. The standard InChI is InChI=1S/C22H22ClFN2O2S2/c1-2-15-3-5-16(6-4-15)21-14-29-22(25-21)26-11-9-17(10-12-26)30(27,28)18-7-8-20(24)19(23)13-18/h3-8,13-14,17H,2,9-12H2,1H3. The van der Waals surface area contributed by atoms with Crippen LogP contribution >= 0.6 is 22.9 Å². The molecule has 0 amide bonds. The summed E-state index contributed by atoms with van der Waals surface area (Å²) in [6.07, 6.45) is 2.00. The van der Waals surface area contributed by atoms with Crippen LogP contribution in [0.15, 0.2) is 52.7 Å². The van der Waals surface area contributed by atoms with Crippen molar-refractivity contribution in [2.75, 3.05) is 18.0 Å². The van der Waals surface area contributed by atoms with Crippen molar-refractivity contribution in [2.45, 2.75) is 36.3 Å². The van der Waals surface area contributed by atoms with Crippen molar-refractivity contribution < 1.29 is 12.8 Å². The van der Waals surface area contributed by atoms with Crippen molar-refractivity contribution in [1.82, 2.24) is 4.98 Å². The zero-order valence-corrected chi connectivity index (χ0v) is 18.9. The van der Waals surface area contributed by atoms with E-state index in [1.165, 1.54) is 17.7 Å². The van der Waals surface area contributed by atoms with E-state index < -0.39 is 20.9 Å². The average Bonchev–Trinajstić information content (AvgIpc) is 3.26. The van der Waals surface area contributed by atoms with Gasteiger partial charge in [0.05, 0.1) is 20.9 Å². The van der Waals surface area contributed by atoms with Gasteiger partial charge >= 0.3 is 0 Å². The van der Waals surface area contributed by atoms with E-state index in [1.54, 1.807) is 11.3 Å². The maximum atomic E-state index is 13.4. The number of sulfone groups is 1. The quantitative estimate of drug-likeness (QED) is 0.460. The smallest absolute Gasteiger partial charge is 0.185 e. The molecule has 8 heteroatoms. The number of aryl methyl sites for hydroxylation is 1. The second kappa shape index (κ2) is 8.65. The van der Waals surface area contributed by atoms with Crippen LogP contribution in [0.25, 0.3) is 11.3 Å². The number of thiazole rings is 1. The number of hydrogen-bond acceptors (Lipinski definition) is 5. The maximum absolute atomic E-state index is 13.4. The Morgan fingerprint density at radius 3 is 2.50 bits per heavy atom. The molecule has 1 aliphatic rings. The fourth-order valence-electron chi connectivity index (χ4n) is 3.66. The molecular formula is C22H22ClFN2O2S2. The normalized spacial score (nSPS) is 15.5. The van der Waals surface area contributed by atoms with Gasteiger partial charge in [-0.05, 0) is 43.0 Å². The molecule has 1 fully saturated rings. The van der Waals surface area contributed by atoms with Crippen LogP contribution in [0.1, 0.15) is 25.3 Å². The first-order chi connectivity index (χ1) is 14.4. The van der Waals surface area contributed by atoms with Crippen LogP contribution in [0, 0.1) is 5.82 Å². The summed E-state index contributed by atoms with van der Waals surface area (Å²) in [4.78, 5) is 6.98. The lowest BCUT2D eigenvalue weighted by atomic mass is 10.1. The van der Waals surface area contributed by atoms with Crippen molar-refractivity contribution in [2.24, 2.45) is 0 Å². The van der Waals surface area contributed by atoms with E-state index in [-0.39, 0.29) is 9.92 Å². The van der Waals surface area contributed by atoms with Gasteiger partial charge in [-0.3, -0.25) is 0 Å². The molecule has 30 heavy (non-hydrogen) atoms. The van der Waals surface area contributed by atoms with E-state index in [4.69, 9.17) is 16.6 Å². The fourth-order valence-corrected chi connectivity index (χ4v) is 6.55. The lowest BCUT2D eigenvalue weighted by Crippen LogP contribution is -2.39. The van der Waals surface area contributed by atoms with Crippen molar-refractivity contribution in [3.05, 3.63) is 64.2 Å². The number of piperidine rings is 1. The molecule has 3 aromatic rings. The number of rotatable bonds is 5. The number of aromatic nitrogens is 1. The van der Waals surface area contributed by atoms with Crippen LogP contribution in [-0.4, -0.2) is 31.7 Å². The highest BCUT2D eigenvalue weighted by atomic mass is 35.5. The highest BCUT2D eigenvalue weighted by Crippen LogP contribution is 2.32. The van der Waals surface area contributed by atoms with Gasteiger partial charge in [-0.2, -0.15) is 0 Å². The average molecular weight is 465 g/mol. The first-order valence-corrected chi connectivity index (χ1v) is 12.7. The summed E-state index contributed by atoms with van der Waals surface area (Å²) in [5, 5.41) is 2.27. The molecule has 4 rings (SSSR count). The fraction of sp³-hybridized carbons (Fsp3) is 0.318. The van der Waals surface area contributed by atoms with Crippen LogP contribution in [0.3, 0.4) is 0 Å². The van der Waals surface area contributed by atoms with Gasteiger partial charge in [0.25, 0.3) is 0 Å². The number of nitrogens with zero attached hydrogens (tertiary/aromatic N) is 2. The van der Waals surface area contributed by atoms with Gasteiger partial charge in [-0.15, -0.1) is 11.3 Å². The predicted octanol–water partition coefficient (Wildman–Crippen LogP) is 5.61. The Balaban J connectivity index is 1.44. The Labute approximate surface area is 185 Å². The van der Waals surface area contributed by atoms with Gasteiger partial charge in [-0.1, -0.05) is 42.8 Å². The monoisotopic (exact) mass is 464 g/mol. The molecule has 0 spiro atoms. The minimum Gasteiger partial charge on any atom is -0.348 e. The molecule has 1 aromatic heterocycles. The zero-order chi connectivity index (χ0) is 21.3. The molecule has 1 saturated heterocycles. The number of anilines is 1. The van der Waals surface area contributed by atoms with Crippen LogP contribution in [0.2, 0.25) is 5.02 Å². The highest BCUT2D eigenvalue weighted by Gasteiger charge is 2.32. The van der Waals surface area contributed by atoms with E-state index >= 15 is 0 Å². The van der Waals surface area contributed by atoms with Gasteiger partial charge < -0.3 is 4.90 Å². The van der Waals surface area contributed by atoms with Crippen molar-refractivity contribution in [1.29, 1.82) is 0 Å². The Morgan fingerprint density at radius 1 is 1.17 bits per heavy atom. The largest absolute Gasteiger partial charge is 0.348 e. The van der Waals surface area contributed by atoms with E-state index in [0.29, 0.717) is 25.9 Å². The van der Waals surface area contributed by atoms with Gasteiger partial charge in [0.2, 0.25) is 0 Å². The molecule has 158 valence electrons. The molecule has 0 radical (unpaired) electrons. The topological polar surface area (TPSA) is 50.3 Å². The lowest BCUT2D eigenvalue weighted by molar-refractivity contribution is 0.529. The van der Waals surface area contributed by atoms with E-state index in [2.05, 4.69) is 36.1 Å². The molecule has 0 atom stereocenters. The summed E-state index contributed by atoms with van der Waals surface area (Å²) < 4.78 is 39.2. The van der Waals surface area contributed by atoms with Crippen LogP contribution in [0.4, 0.5) is 9.52 Å². The minimum absolute atomic E-state index is 0.0828. The summed E-state index contributed by atoms with van der Waals surface area (Å²) in [6.45, 7) is 3.35. The number of benzene rings is 2. The summed E-state index contributed by atoms with van der Waals surface area (Å²) in [6, 6.07) is 12.0. The third-order valence-electron chi connectivity index (χ3n) is 5.52. The van der Waals surface area contributed by atoms with Crippen LogP contribution in [0.5, 0.6) is 0 Å². The van der Waals surface area contributed by atoms with Crippen molar-refractivity contribution in [3.63, 3.8) is 0 Å². The summed E-state index contributed by atoms with van der Waals surface area (Å²) in [5.74, 6) is -0.616. The number of halogens is 2. The molecule has 0 bridgehead atoms. The number of hydrogen-bond donors (Lipinski definition) is 0. The molecule has 4 nitrogen and oxygen atoms in total. The maximum Gasteiger partial charge on any atom is 0.185 e. The molecule has 0 unspecified atom stereocenters. The SMILES string of the molecule is CCc1ccc(-c2csc(N3CCC(S(=O)(=O)c4ccc(F)c(Cl)c4)CC3)n2)cc1. The summed E-state index contributed by atoms with van der Waals surface area (Å²) >= 11 is 7.35. The molecule has 0 N–H and O–H groups in total. The first-order valence-electron chi connectivity index (χ1n) is 9.87. The van der Waals surface area contributed by atoms with Gasteiger partial charge in [0.15, 0.2) is 15.0 Å². The Hall–Kier alpha value is -1.96. The Morgan fingerprint density at radius 2 is 1.87 bits per heavy atom. The molecule has 2 aromatic carbocycles. The van der Waals surface area contributed by atoms with E-state index in [9.17, 15) is 12.8 Å². The van der Waals surface area contributed by atoms with E-state index in [0.717, 1.165) is 28.9 Å². The minimum atomic E-state index is -3.55. The molecule has 0 saturated carbocycles. The van der Waals surface area contributed by atoms with Gasteiger partial charge in [0, 0.05) is 24.0 Å². The first kappa shape index (κ1) is 21.3. The van der Waals surface area contributed by atoms with Crippen LogP contribution in [-0.2, 0) is 16.3 Å². The van der Waals surface area contributed by atoms with Crippen LogP contribution < -0.4 is 4.90 Å². The zero-order valence-electron chi connectivity index (χ0n) is 16.5. The second-order valence-electron chi connectivity index (χ2n) is 7.37. The lowest BCUT2D eigenvalue weighted by Gasteiger charge is -2.31. The van der Waals surface area contributed by atoms with Crippen molar-refractivity contribution in [3.8, 4) is 11.3 Å². The predicted molar refractivity (Wildman–Crippen MR) is 121 cm³/mol. The Kier molecular flexibility index (Phi) is 6.14. The molecule has 0 aliphatic carbocycles.